The molecule has 2 N–H and O–H groups in total. The minimum Gasteiger partial charge on any atom is -0.381 e. The maximum Gasteiger partial charge on any atom is 0.0798 e. The van der Waals surface area contributed by atoms with E-state index in [-0.39, 0.29) is 0 Å². The maximum atomic E-state index is 5.98. The van der Waals surface area contributed by atoms with Gasteiger partial charge in [0.1, 0.15) is 0 Å². The lowest BCUT2D eigenvalue weighted by Crippen LogP contribution is -2.44. The van der Waals surface area contributed by atoms with E-state index in [1.54, 1.807) is 11.3 Å². The first-order chi connectivity index (χ1) is 8.72. The van der Waals surface area contributed by atoms with E-state index in [1.807, 2.05) is 5.51 Å². The van der Waals surface area contributed by atoms with Crippen LogP contribution in [0.3, 0.4) is 0 Å². The monoisotopic (exact) mass is 269 g/mol. The molecule has 0 saturated carbocycles. The van der Waals surface area contributed by atoms with Crippen molar-refractivity contribution in [3.63, 3.8) is 0 Å². The number of nitrogens with two attached hydrogens (primary N) is 1. The van der Waals surface area contributed by atoms with Gasteiger partial charge in [0.2, 0.25) is 0 Å². The molecule has 1 aliphatic heterocycles. The van der Waals surface area contributed by atoms with Crippen LogP contribution in [0.4, 0.5) is 0 Å². The van der Waals surface area contributed by atoms with Crippen LogP contribution in [0.1, 0.15) is 23.4 Å². The Morgan fingerprint density at radius 3 is 2.83 bits per heavy atom. The van der Waals surface area contributed by atoms with Crippen LogP contribution in [0.2, 0.25) is 0 Å². The molecule has 18 heavy (non-hydrogen) atoms. The smallest absolute Gasteiger partial charge is 0.0798 e. The van der Waals surface area contributed by atoms with Crippen LogP contribution < -0.4 is 5.73 Å². The zero-order valence-corrected chi connectivity index (χ0v) is 12.1. The highest BCUT2D eigenvalue weighted by atomic mass is 32.1. The topological polar surface area (TPSA) is 51.4 Å². The summed E-state index contributed by atoms with van der Waals surface area (Å²) in [7, 11) is 2.17. The molecule has 0 aliphatic carbocycles. The molecule has 1 aliphatic rings. The van der Waals surface area contributed by atoms with Crippen LogP contribution in [-0.4, -0.2) is 42.7 Å². The Morgan fingerprint density at radius 1 is 1.56 bits per heavy atom. The van der Waals surface area contributed by atoms with E-state index in [9.17, 15) is 0 Å². The molecule has 0 aromatic carbocycles. The summed E-state index contributed by atoms with van der Waals surface area (Å²) in [5.41, 5.74) is 9.05. The number of thiazole rings is 1. The van der Waals surface area contributed by atoms with E-state index < -0.39 is 0 Å². The molecule has 0 bridgehead atoms. The average molecular weight is 269 g/mol. The van der Waals surface area contributed by atoms with Gasteiger partial charge in [0.25, 0.3) is 0 Å². The van der Waals surface area contributed by atoms with E-state index in [2.05, 4.69) is 23.9 Å². The van der Waals surface area contributed by atoms with Gasteiger partial charge in [-0.3, -0.25) is 4.90 Å². The van der Waals surface area contributed by atoms with Gasteiger partial charge in [0.05, 0.1) is 11.2 Å². The fourth-order valence-corrected chi connectivity index (χ4v) is 3.49. The summed E-state index contributed by atoms with van der Waals surface area (Å²) >= 11 is 1.73. The van der Waals surface area contributed by atoms with E-state index >= 15 is 0 Å². The molecule has 1 atom stereocenters. The Balaban J connectivity index is 1.96. The molecule has 0 spiro atoms. The second-order valence-electron chi connectivity index (χ2n) is 5.03. The molecular formula is C13H23N3OS. The van der Waals surface area contributed by atoms with Gasteiger partial charge in [-0.05, 0) is 32.7 Å². The van der Waals surface area contributed by atoms with Crippen molar-refractivity contribution in [1.82, 2.24) is 9.88 Å². The molecule has 1 fully saturated rings. The van der Waals surface area contributed by atoms with Crippen LogP contribution in [0.5, 0.6) is 0 Å². The van der Waals surface area contributed by atoms with Gasteiger partial charge < -0.3 is 10.5 Å². The first kappa shape index (κ1) is 13.9. The van der Waals surface area contributed by atoms with Crippen molar-refractivity contribution in [2.75, 3.05) is 26.8 Å². The number of nitrogens with zero attached hydrogens (tertiary/aromatic N) is 2. The third-order valence-electron chi connectivity index (χ3n) is 3.86. The highest BCUT2D eigenvalue weighted by Gasteiger charge is 2.26. The van der Waals surface area contributed by atoms with Gasteiger partial charge in [-0.15, -0.1) is 11.3 Å². The molecule has 2 heterocycles. The summed E-state index contributed by atoms with van der Waals surface area (Å²) in [5, 5.41) is 0. The predicted molar refractivity (Wildman–Crippen MR) is 74.7 cm³/mol. The number of aryl methyl sites for hydroxylation is 1. The fourth-order valence-electron chi connectivity index (χ4n) is 2.65. The van der Waals surface area contributed by atoms with Crippen LogP contribution >= 0.6 is 11.3 Å². The molecule has 0 radical (unpaired) electrons. The van der Waals surface area contributed by atoms with Crippen LogP contribution in [-0.2, 0) is 11.3 Å². The first-order valence-electron chi connectivity index (χ1n) is 6.59. The lowest BCUT2D eigenvalue weighted by atomic mass is 9.91. The molecule has 5 heteroatoms. The largest absolute Gasteiger partial charge is 0.381 e. The Kier molecular flexibility index (Phi) is 5.12. The molecule has 1 saturated heterocycles. The fraction of sp³-hybridized carbons (Fsp3) is 0.769. The molecule has 1 aromatic rings. The van der Waals surface area contributed by atoms with Crippen molar-refractivity contribution in [2.24, 2.45) is 11.7 Å². The van der Waals surface area contributed by atoms with Gasteiger partial charge in [-0.25, -0.2) is 4.98 Å². The lowest BCUT2D eigenvalue weighted by Gasteiger charge is -2.35. The zero-order valence-electron chi connectivity index (χ0n) is 11.3. The molecule has 0 amide bonds. The third-order valence-corrected chi connectivity index (χ3v) is 4.78. The van der Waals surface area contributed by atoms with Gasteiger partial charge in [0, 0.05) is 37.2 Å². The number of hydrogen-bond acceptors (Lipinski definition) is 5. The van der Waals surface area contributed by atoms with Gasteiger partial charge in [-0.1, -0.05) is 0 Å². The highest BCUT2D eigenvalue weighted by molar-refractivity contribution is 7.09. The molecule has 1 aromatic heterocycles. The van der Waals surface area contributed by atoms with Crippen LogP contribution in [0.15, 0.2) is 5.51 Å². The SMILES string of the molecule is Cc1ncsc1CN(C)C(CN)C1CCOCC1. The Bertz CT molecular complexity index is 363. The summed E-state index contributed by atoms with van der Waals surface area (Å²) in [5.74, 6) is 0.668. The molecule has 1 unspecified atom stereocenters. The zero-order chi connectivity index (χ0) is 13.0. The summed E-state index contributed by atoms with van der Waals surface area (Å²) in [6.07, 6.45) is 2.27. The number of rotatable bonds is 5. The van der Waals surface area contributed by atoms with Gasteiger partial charge in [0.15, 0.2) is 0 Å². The Labute approximate surface area is 113 Å². The van der Waals surface area contributed by atoms with Crippen molar-refractivity contribution >= 4 is 11.3 Å². The minimum absolute atomic E-state index is 0.454. The first-order valence-corrected chi connectivity index (χ1v) is 7.47. The minimum atomic E-state index is 0.454. The molecule has 2 rings (SSSR count). The summed E-state index contributed by atoms with van der Waals surface area (Å²) in [4.78, 5) is 8.04. The van der Waals surface area contributed by atoms with Crippen molar-refractivity contribution in [3.05, 3.63) is 16.1 Å². The Hall–Kier alpha value is -0.490. The van der Waals surface area contributed by atoms with E-state index in [0.29, 0.717) is 12.0 Å². The second kappa shape index (κ2) is 6.61. The van der Waals surface area contributed by atoms with Gasteiger partial charge >= 0.3 is 0 Å². The van der Waals surface area contributed by atoms with Crippen molar-refractivity contribution < 1.29 is 4.74 Å². The van der Waals surface area contributed by atoms with Crippen molar-refractivity contribution in [3.8, 4) is 0 Å². The second-order valence-corrected chi connectivity index (χ2v) is 5.97. The van der Waals surface area contributed by atoms with E-state index in [0.717, 1.165) is 44.8 Å². The molecular weight excluding hydrogens is 246 g/mol. The maximum absolute atomic E-state index is 5.98. The highest BCUT2D eigenvalue weighted by Crippen LogP contribution is 2.24. The van der Waals surface area contributed by atoms with E-state index in [4.69, 9.17) is 10.5 Å². The van der Waals surface area contributed by atoms with Crippen molar-refractivity contribution in [1.29, 1.82) is 0 Å². The summed E-state index contributed by atoms with van der Waals surface area (Å²) in [6, 6.07) is 0.454. The number of likely N-dealkylation sites (N-methyl/N-ethyl adjacent to an activating group) is 1. The van der Waals surface area contributed by atoms with Gasteiger partial charge in [-0.2, -0.15) is 0 Å². The standard InChI is InChI=1S/C13H23N3OS/c1-10-13(18-9-15-10)8-16(2)12(7-14)11-3-5-17-6-4-11/h9,11-12H,3-8,14H2,1-2H3. The van der Waals surface area contributed by atoms with Crippen LogP contribution in [0, 0.1) is 12.8 Å². The normalized spacial score (nSPS) is 19.3. The third kappa shape index (κ3) is 3.29. The van der Waals surface area contributed by atoms with E-state index in [1.165, 1.54) is 4.88 Å². The lowest BCUT2D eigenvalue weighted by molar-refractivity contribution is 0.0323. The Morgan fingerprint density at radius 2 is 2.28 bits per heavy atom. The molecule has 4 nitrogen and oxygen atoms in total. The predicted octanol–water partition coefficient (Wildman–Crippen LogP) is 1.64. The van der Waals surface area contributed by atoms with Crippen LogP contribution in [0.25, 0.3) is 0 Å². The summed E-state index contributed by atoms with van der Waals surface area (Å²) in [6.45, 7) is 5.52. The number of ether oxygens (including phenoxy) is 1. The average Bonchev–Trinajstić information content (AvgIpc) is 2.77. The summed E-state index contributed by atoms with van der Waals surface area (Å²) < 4.78 is 5.43. The number of aromatic nitrogens is 1. The van der Waals surface area contributed by atoms with Crippen molar-refractivity contribution in [2.45, 2.75) is 32.4 Å². The molecule has 102 valence electrons. The quantitative estimate of drug-likeness (QED) is 0.883. The number of hydrogen-bond donors (Lipinski definition) is 1.